The van der Waals surface area contributed by atoms with Crippen LogP contribution in [0.1, 0.15) is 40.0 Å². The summed E-state index contributed by atoms with van der Waals surface area (Å²) in [5.74, 6) is 0.764. The monoisotopic (exact) mass is 291 g/mol. The summed E-state index contributed by atoms with van der Waals surface area (Å²) in [5, 5.41) is 3.48. The smallest absolute Gasteiger partial charge is 0.144 e. The number of hydrogen-bond donors (Lipinski definition) is 2. The normalized spacial score (nSPS) is 17.7. The first-order chi connectivity index (χ1) is 10.1. The highest BCUT2D eigenvalue weighted by molar-refractivity contribution is 5.72. The van der Waals surface area contributed by atoms with Crippen LogP contribution in [0.3, 0.4) is 0 Å². The minimum atomic E-state index is 0.134. The van der Waals surface area contributed by atoms with Crippen molar-refractivity contribution < 1.29 is 4.74 Å². The average Bonchev–Trinajstić information content (AvgIpc) is 2.48. The van der Waals surface area contributed by atoms with E-state index in [-0.39, 0.29) is 6.10 Å². The van der Waals surface area contributed by atoms with Gasteiger partial charge in [-0.1, -0.05) is 12.5 Å². The van der Waals surface area contributed by atoms with E-state index in [1.165, 1.54) is 32.4 Å². The average molecular weight is 291 g/mol. The molecule has 3 N–H and O–H groups in total. The first kappa shape index (κ1) is 16.0. The number of anilines is 2. The van der Waals surface area contributed by atoms with Crippen LogP contribution in [0.4, 0.5) is 11.4 Å². The lowest BCUT2D eigenvalue weighted by atomic mass is 10.1. The molecule has 1 atom stereocenters. The van der Waals surface area contributed by atoms with Crippen molar-refractivity contribution in [2.75, 3.05) is 30.7 Å². The zero-order valence-electron chi connectivity index (χ0n) is 13.6. The van der Waals surface area contributed by atoms with Gasteiger partial charge < -0.3 is 15.8 Å². The van der Waals surface area contributed by atoms with Crippen LogP contribution in [-0.4, -0.2) is 36.7 Å². The van der Waals surface area contributed by atoms with Crippen molar-refractivity contribution in [3.8, 4) is 5.75 Å². The van der Waals surface area contributed by atoms with Crippen LogP contribution in [0.25, 0.3) is 0 Å². The van der Waals surface area contributed by atoms with Gasteiger partial charge in [-0.05, 0) is 58.8 Å². The molecule has 1 saturated heterocycles. The van der Waals surface area contributed by atoms with Gasteiger partial charge in [-0.25, -0.2) is 0 Å². The lowest BCUT2D eigenvalue weighted by molar-refractivity contribution is 0.180. The van der Waals surface area contributed by atoms with Crippen molar-refractivity contribution in [1.82, 2.24) is 4.90 Å². The summed E-state index contributed by atoms with van der Waals surface area (Å²) >= 11 is 0. The molecule has 1 aromatic carbocycles. The Labute approximate surface area is 128 Å². The van der Waals surface area contributed by atoms with Gasteiger partial charge in [0.2, 0.25) is 0 Å². The Bertz CT molecular complexity index is 442. The molecule has 4 nitrogen and oxygen atoms in total. The maximum Gasteiger partial charge on any atom is 0.144 e. The highest BCUT2D eigenvalue weighted by Crippen LogP contribution is 2.30. The highest BCUT2D eigenvalue weighted by Gasteiger charge is 2.17. The number of para-hydroxylation sites is 1. The van der Waals surface area contributed by atoms with E-state index in [0.717, 1.165) is 18.0 Å². The molecule has 0 aromatic heterocycles. The minimum Gasteiger partial charge on any atom is -0.489 e. The number of nitrogens with two attached hydrogens (primary N) is 1. The minimum absolute atomic E-state index is 0.134. The third-order valence-electron chi connectivity index (χ3n) is 4.03. The lowest BCUT2D eigenvalue weighted by Crippen LogP contribution is -2.41. The van der Waals surface area contributed by atoms with E-state index < -0.39 is 0 Å². The number of hydrogen-bond acceptors (Lipinski definition) is 4. The van der Waals surface area contributed by atoms with Gasteiger partial charge >= 0.3 is 0 Å². The van der Waals surface area contributed by atoms with Gasteiger partial charge in [0.25, 0.3) is 0 Å². The molecule has 1 aliphatic heterocycles. The molecule has 0 bridgehead atoms. The molecule has 21 heavy (non-hydrogen) atoms. The van der Waals surface area contributed by atoms with Crippen LogP contribution in [0.15, 0.2) is 18.2 Å². The lowest BCUT2D eigenvalue weighted by Gasteiger charge is -2.32. The van der Waals surface area contributed by atoms with E-state index in [1.54, 1.807) is 0 Å². The number of likely N-dealkylation sites (tertiary alicyclic amines) is 1. The molecule has 1 unspecified atom stereocenters. The summed E-state index contributed by atoms with van der Waals surface area (Å²) in [6, 6.07) is 6.46. The summed E-state index contributed by atoms with van der Waals surface area (Å²) in [4.78, 5) is 2.56. The predicted octanol–water partition coefficient (Wildman–Crippen LogP) is 3.34. The van der Waals surface area contributed by atoms with Crippen LogP contribution in [-0.2, 0) is 0 Å². The van der Waals surface area contributed by atoms with Crippen LogP contribution in [0.2, 0.25) is 0 Å². The van der Waals surface area contributed by atoms with Crippen LogP contribution in [0, 0.1) is 0 Å². The van der Waals surface area contributed by atoms with Gasteiger partial charge in [-0.2, -0.15) is 0 Å². The van der Waals surface area contributed by atoms with E-state index in [1.807, 2.05) is 32.0 Å². The molecule has 0 aliphatic carbocycles. The standard InChI is InChI=1S/C17H29N3O/c1-13(2)21-16-9-7-8-15(17(16)18)19-12-14(3)20-10-5-4-6-11-20/h7-9,13-14,19H,4-6,10-12,18H2,1-3H3. The molecule has 1 heterocycles. The second kappa shape index (κ2) is 7.55. The number of ether oxygens (including phenoxy) is 1. The van der Waals surface area contributed by atoms with Crippen molar-refractivity contribution in [3.63, 3.8) is 0 Å². The highest BCUT2D eigenvalue weighted by atomic mass is 16.5. The number of piperidine rings is 1. The van der Waals surface area contributed by atoms with Gasteiger partial charge in [-0.3, -0.25) is 4.90 Å². The maximum atomic E-state index is 6.20. The first-order valence-electron chi connectivity index (χ1n) is 8.11. The summed E-state index contributed by atoms with van der Waals surface area (Å²) in [6.07, 6.45) is 4.15. The fourth-order valence-electron chi connectivity index (χ4n) is 2.80. The molecule has 0 saturated carbocycles. The third kappa shape index (κ3) is 4.53. The van der Waals surface area contributed by atoms with Crippen LogP contribution >= 0.6 is 0 Å². The molecule has 0 radical (unpaired) electrons. The number of rotatable bonds is 6. The molecule has 4 heteroatoms. The van der Waals surface area contributed by atoms with Crippen molar-refractivity contribution in [1.29, 1.82) is 0 Å². The van der Waals surface area contributed by atoms with Crippen molar-refractivity contribution in [2.24, 2.45) is 0 Å². The summed E-state index contributed by atoms with van der Waals surface area (Å²) in [6.45, 7) is 9.65. The molecule has 1 aliphatic rings. The molecule has 118 valence electrons. The van der Waals surface area contributed by atoms with Crippen LogP contribution < -0.4 is 15.8 Å². The quantitative estimate of drug-likeness (QED) is 0.789. The summed E-state index contributed by atoms with van der Waals surface area (Å²) < 4.78 is 5.73. The molecular weight excluding hydrogens is 262 g/mol. The maximum absolute atomic E-state index is 6.20. The molecular formula is C17H29N3O. The SMILES string of the molecule is CC(C)Oc1cccc(NCC(C)N2CCCCC2)c1N. The Morgan fingerprint density at radius 2 is 1.90 bits per heavy atom. The predicted molar refractivity (Wildman–Crippen MR) is 90.0 cm³/mol. The van der Waals surface area contributed by atoms with Crippen LogP contribution in [0.5, 0.6) is 5.75 Å². The Hall–Kier alpha value is -1.42. The van der Waals surface area contributed by atoms with Gasteiger partial charge in [0.1, 0.15) is 5.75 Å². The van der Waals surface area contributed by atoms with Crippen molar-refractivity contribution >= 4 is 11.4 Å². The van der Waals surface area contributed by atoms with E-state index in [0.29, 0.717) is 11.7 Å². The summed E-state index contributed by atoms with van der Waals surface area (Å²) in [7, 11) is 0. The topological polar surface area (TPSA) is 50.5 Å². The van der Waals surface area contributed by atoms with Gasteiger partial charge in [0, 0.05) is 12.6 Å². The second-order valence-electron chi connectivity index (χ2n) is 6.21. The molecule has 1 aromatic rings. The Morgan fingerprint density at radius 3 is 2.57 bits per heavy atom. The largest absolute Gasteiger partial charge is 0.489 e. The Morgan fingerprint density at radius 1 is 1.19 bits per heavy atom. The number of benzene rings is 1. The van der Waals surface area contributed by atoms with E-state index in [2.05, 4.69) is 17.1 Å². The van der Waals surface area contributed by atoms with Crippen molar-refractivity contribution in [2.45, 2.75) is 52.2 Å². The number of nitrogens with one attached hydrogen (secondary N) is 1. The molecule has 0 spiro atoms. The van der Waals surface area contributed by atoms with Gasteiger partial charge in [-0.15, -0.1) is 0 Å². The van der Waals surface area contributed by atoms with E-state index >= 15 is 0 Å². The van der Waals surface area contributed by atoms with Gasteiger partial charge in [0.15, 0.2) is 0 Å². The number of nitrogen functional groups attached to an aromatic ring is 1. The molecule has 1 fully saturated rings. The zero-order valence-corrected chi connectivity index (χ0v) is 13.6. The third-order valence-corrected chi connectivity index (χ3v) is 4.03. The fraction of sp³-hybridized carbons (Fsp3) is 0.647. The zero-order chi connectivity index (χ0) is 15.2. The first-order valence-corrected chi connectivity index (χ1v) is 8.11. The Kier molecular flexibility index (Phi) is 5.74. The van der Waals surface area contributed by atoms with Crippen molar-refractivity contribution in [3.05, 3.63) is 18.2 Å². The van der Waals surface area contributed by atoms with E-state index in [9.17, 15) is 0 Å². The number of nitrogens with zero attached hydrogens (tertiary/aromatic N) is 1. The fourth-order valence-corrected chi connectivity index (χ4v) is 2.80. The van der Waals surface area contributed by atoms with Gasteiger partial charge in [0.05, 0.1) is 17.5 Å². The molecule has 0 amide bonds. The Balaban J connectivity index is 1.93. The summed E-state index contributed by atoms with van der Waals surface area (Å²) in [5.41, 5.74) is 7.87. The second-order valence-corrected chi connectivity index (χ2v) is 6.21. The van der Waals surface area contributed by atoms with E-state index in [4.69, 9.17) is 10.5 Å². The molecule has 2 rings (SSSR count).